The minimum absolute atomic E-state index is 0.0671. The summed E-state index contributed by atoms with van der Waals surface area (Å²) in [6, 6.07) is 9.88. The molecule has 1 aromatic heterocycles. The fraction of sp³-hybridized carbons (Fsp3) is 0.278. The lowest BCUT2D eigenvalue weighted by Crippen LogP contribution is -2.38. The molecule has 3 rings (SSSR count). The van der Waals surface area contributed by atoms with Crippen molar-refractivity contribution in [3.8, 4) is 0 Å². The Morgan fingerprint density at radius 1 is 1.23 bits per heavy atom. The monoisotopic (exact) mass is 293 g/mol. The Labute approximate surface area is 130 Å². The summed E-state index contributed by atoms with van der Waals surface area (Å²) in [4.78, 5) is 22.8. The topological polar surface area (TPSA) is 46.1 Å². The number of hydrogen-bond acceptors (Lipinski definition) is 3. The van der Waals surface area contributed by atoms with Gasteiger partial charge in [-0.3, -0.25) is 14.8 Å². The molecular formula is C18H19N3O. The maximum absolute atomic E-state index is 12.4. The summed E-state index contributed by atoms with van der Waals surface area (Å²) >= 11 is 0. The van der Waals surface area contributed by atoms with Crippen LogP contribution in [0.25, 0.3) is 6.08 Å². The van der Waals surface area contributed by atoms with Crippen molar-refractivity contribution in [3.05, 3.63) is 66.3 Å². The number of nitrogens with zero attached hydrogens (tertiary/aromatic N) is 3. The molecule has 2 heterocycles. The summed E-state index contributed by atoms with van der Waals surface area (Å²) in [5, 5.41) is 0. The number of aromatic nitrogens is 2. The van der Waals surface area contributed by atoms with Crippen molar-refractivity contribution in [3.63, 3.8) is 0 Å². The number of piperidine rings is 1. The number of benzene rings is 1. The van der Waals surface area contributed by atoms with E-state index < -0.39 is 0 Å². The van der Waals surface area contributed by atoms with Gasteiger partial charge in [0, 0.05) is 43.7 Å². The summed E-state index contributed by atoms with van der Waals surface area (Å²) in [5.41, 5.74) is 2.02. The summed E-state index contributed by atoms with van der Waals surface area (Å²) in [7, 11) is 0. The van der Waals surface area contributed by atoms with E-state index >= 15 is 0 Å². The van der Waals surface area contributed by atoms with E-state index in [2.05, 4.69) is 9.97 Å². The first-order valence-corrected chi connectivity index (χ1v) is 7.61. The molecule has 1 atom stereocenters. The van der Waals surface area contributed by atoms with Crippen LogP contribution in [0.15, 0.2) is 55.0 Å². The molecular weight excluding hydrogens is 274 g/mol. The largest absolute Gasteiger partial charge is 0.338 e. The van der Waals surface area contributed by atoms with Crippen LogP contribution in [-0.4, -0.2) is 33.9 Å². The van der Waals surface area contributed by atoms with E-state index in [0.29, 0.717) is 0 Å². The maximum Gasteiger partial charge on any atom is 0.246 e. The fourth-order valence-electron chi connectivity index (χ4n) is 2.78. The molecule has 0 radical (unpaired) electrons. The third-order valence-electron chi connectivity index (χ3n) is 3.95. The molecule has 22 heavy (non-hydrogen) atoms. The molecule has 0 bridgehead atoms. The number of rotatable bonds is 3. The van der Waals surface area contributed by atoms with Gasteiger partial charge in [-0.1, -0.05) is 30.3 Å². The quantitative estimate of drug-likeness (QED) is 0.817. The predicted molar refractivity (Wildman–Crippen MR) is 86.1 cm³/mol. The highest BCUT2D eigenvalue weighted by atomic mass is 16.2. The molecule has 1 saturated heterocycles. The number of carbonyl (C=O) groups is 1. The van der Waals surface area contributed by atoms with E-state index in [9.17, 15) is 4.79 Å². The van der Waals surface area contributed by atoms with Crippen LogP contribution in [0.5, 0.6) is 0 Å². The van der Waals surface area contributed by atoms with Gasteiger partial charge in [0.2, 0.25) is 5.91 Å². The highest BCUT2D eigenvalue weighted by Gasteiger charge is 2.24. The van der Waals surface area contributed by atoms with E-state index in [0.717, 1.165) is 37.2 Å². The van der Waals surface area contributed by atoms with Gasteiger partial charge in [-0.25, -0.2) is 0 Å². The zero-order valence-electron chi connectivity index (χ0n) is 12.4. The predicted octanol–water partition coefficient (Wildman–Crippen LogP) is 2.90. The lowest BCUT2D eigenvalue weighted by molar-refractivity contribution is -0.127. The summed E-state index contributed by atoms with van der Waals surface area (Å²) in [6.07, 6.45) is 10.8. The maximum atomic E-state index is 12.4. The van der Waals surface area contributed by atoms with E-state index in [1.165, 1.54) is 0 Å². The Bertz CT molecular complexity index is 640. The van der Waals surface area contributed by atoms with Gasteiger partial charge in [-0.2, -0.15) is 0 Å². The SMILES string of the molecule is O=C(/C=C/c1ccccc1)N1CCC[C@@H](c2cnccn2)C1. The fourth-order valence-corrected chi connectivity index (χ4v) is 2.78. The molecule has 0 N–H and O–H groups in total. The number of likely N-dealkylation sites (tertiary alicyclic amines) is 1. The van der Waals surface area contributed by atoms with Gasteiger partial charge in [0.1, 0.15) is 0 Å². The lowest BCUT2D eigenvalue weighted by atomic mass is 9.95. The van der Waals surface area contributed by atoms with Crippen LogP contribution in [-0.2, 0) is 4.79 Å². The molecule has 1 amide bonds. The first-order valence-electron chi connectivity index (χ1n) is 7.61. The van der Waals surface area contributed by atoms with Gasteiger partial charge in [0.05, 0.1) is 5.69 Å². The molecule has 112 valence electrons. The summed E-state index contributed by atoms with van der Waals surface area (Å²) < 4.78 is 0. The van der Waals surface area contributed by atoms with Crippen LogP contribution in [0.4, 0.5) is 0 Å². The van der Waals surface area contributed by atoms with Crippen LogP contribution in [0, 0.1) is 0 Å². The van der Waals surface area contributed by atoms with Crippen molar-refractivity contribution in [1.82, 2.24) is 14.9 Å². The number of hydrogen-bond donors (Lipinski definition) is 0. The van der Waals surface area contributed by atoms with Crippen molar-refractivity contribution in [2.45, 2.75) is 18.8 Å². The molecule has 0 saturated carbocycles. The summed E-state index contributed by atoms with van der Waals surface area (Å²) in [5.74, 6) is 0.356. The van der Waals surface area contributed by atoms with E-state index in [-0.39, 0.29) is 11.8 Å². The Hall–Kier alpha value is -2.49. The molecule has 2 aromatic rings. The summed E-state index contributed by atoms with van der Waals surface area (Å²) in [6.45, 7) is 1.53. The second kappa shape index (κ2) is 6.98. The highest BCUT2D eigenvalue weighted by molar-refractivity contribution is 5.91. The molecule has 4 nitrogen and oxygen atoms in total. The number of amides is 1. The van der Waals surface area contributed by atoms with Gasteiger partial charge in [-0.15, -0.1) is 0 Å². The zero-order valence-corrected chi connectivity index (χ0v) is 12.4. The Kier molecular flexibility index (Phi) is 4.59. The Balaban J connectivity index is 1.64. The first kappa shape index (κ1) is 14.4. The normalized spacial score (nSPS) is 18.5. The molecule has 1 aliphatic heterocycles. The van der Waals surface area contributed by atoms with Crippen LogP contribution in [0.1, 0.15) is 30.0 Å². The molecule has 0 aliphatic carbocycles. The van der Waals surface area contributed by atoms with E-state index in [4.69, 9.17) is 0 Å². The van der Waals surface area contributed by atoms with Crippen molar-refractivity contribution < 1.29 is 4.79 Å². The van der Waals surface area contributed by atoms with E-state index in [1.54, 1.807) is 24.7 Å². The standard InChI is InChI=1S/C18H19N3O/c22-18(9-8-15-5-2-1-3-6-15)21-12-4-7-16(14-21)17-13-19-10-11-20-17/h1-3,5-6,8-11,13,16H,4,7,12,14H2/b9-8+/t16-/m1/s1. The van der Waals surface area contributed by atoms with Crippen LogP contribution in [0.3, 0.4) is 0 Å². The van der Waals surface area contributed by atoms with Gasteiger partial charge in [0.15, 0.2) is 0 Å². The van der Waals surface area contributed by atoms with Crippen LogP contribution < -0.4 is 0 Å². The smallest absolute Gasteiger partial charge is 0.246 e. The first-order chi connectivity index (χ1) is 10.8. The highest BCUT2D eigenvalue weighted by Crippen LogP contribution is 2.25. The molecule has 0 spiro atoms. The minimum atomic E-state index is 0.0671. The van der Waals surface area contributed by atoms with Gasteiger partial charge in [-0.05, 0) is 24.5 Å². The van der Waals surface area contributed by atoms with Crippen molar-refractivity contribution in [2.24, 2.45) is 0 Å². The average Bonchev–Trinajstić information content (AvgIpc) is 2.61. The third kappa shape index (κ3) is 3.58. The lowest BCUT2D eigenvalue weighted by Gasteiger charge is -2.31. The molecule has 1 aliphatic rings. The molecule has 1 aromatic carbocycles. The van der Waals surface area contributed by atoms with Crippen LogP contribution >= 0.6 is 0 Å². The minimum Gasteiger partial charge on any atom is -0.338 e. The second-order valence-corrected chi connectivity index (χ2v) is 5.50. The zero-order chi connectivity index (χ0) is 15.2. The second-order valence-electron chi connectivity index (χ2n) is 5.50. The van der Waals surface area contributed by atoms with Gasteiger partial charge < -0.3 is 4.90 Å². The number of carbonyl (C=O) groups excluding carboxylic acids is 1. The third-order valence-corrected chi connectivity index (χ3v) is 3.95. The Morgan fingerprint density at radius 3 is 2.86 bits per heavy atom. The average molecular weight is 293 g/mol. The molecule has 4 heteroatoms. The van der Waals surface area contributed by atoms with Crippen molar-refractivity contribution in [2.75, 3.05) is 13.1 Å². The molecule has 0 unspecified atom stereocenters. The van der Waals surface area contributed by atoms with Crippen molar-refractivity contribution in [1.29, 1.82) is 0 Å². The molecule has 1 fully saturated rings. The van der Waals surface area contributed by atoms with Gasteiger partial charge in [0.25, 0.3) is 0 Å². The van der Waals surface area contributed by atoms with E-state index in [1.807, 2.05) is 41.3 Å². The van der Waals surface area contributed by atoms with Crippen LogP contribution in [0.2, 0.25) is 0 Å². The Morgan fingerprint density at radius 2 is 2.09 bits per heavy atom. The van der Waals surface area contributed by atoms with Crippen molar-refractivity contribution >= 4 is 12.0 Å². The van der Waals surface area contributed by atoms with Gasteiger partial charge >= 0.3 is 0 Å².